The maximum absolute atomic E-state index is 13.3. The second-order valence-electron chi connectivity index (χ2n) is 7.93. The van der Waals surface area contributed by atoms with Crippen LogP contribution in [0.4, 0.5) is 0 Å². The maximum Gasteiger partial charge on any atom is 0.228 e. The third-order valence-electron chi connectivity index (χ3n) is 5.66. The first-order chi connectivity index (χ1) is 16.1. The van der Waals surface area contributed by atoms with Gasteiger partial charge in [0, 0.05) is 30.0 Å². The van der Waals surface area contributed by atoms with E-state index in [1.165, 1.54) is 0 Å². The Morgan fingerprint density at radius 3 is 2.42 bits per heavy atom. The van der Waals surface area contributed by atoms with Gasteiger partial charge in [-0.1, -0.05) is 89.6 Å². The predicted octanol–water partition coefficient (Wildman–Crippen LogP) is 6.16. The summed E-state index contributed by atoms with van der Waals surface area (Å²) in [5.41, 5.74) is 3.04. The molecule has 0 saturated carbocycles. The topological polar surface area (TPSA) is 59.2 Å². The van der Waals surface area contributed by atoms with Gasteiger partial charge in [0.05, 0.1) is 6.04 Å². The highest BCUT2D eigenvalue weighted by Gasteiger charge is 2.22. The van der Waals surface area contributed by atoms with E-state index in [0.29, 0.717) is 42.5 Å². The van der Waals surface area contributed by atoms with Crippen LogP contribution >= 0.6 is 11.6 Å². The van der Waals surface area contributed by atoms with E-state index in [1.807, 2.05) is 77.7 Å². The van der Waals surface area contributed by atoms with Crippen molar-refractivity contribution in [3.63, 3.8) is 0 Å². The van der Waals surface area contributed by atoms with Gasteiger partial charge in [-0.25, -0.2) is 0 Å². The molecule has 4 aromatic rings. The number of benzene rings is 3. The number of hydrogen-bond donors (Lipinski definition) is 0. The summed E-state index contributed by atoms with van der Waals surface area (Å²) in [7, 11) is 0. The van der Waals surface area contributed by atoms with E-state index in [0.717, 1.165) is 16.7 Å². The van der Waals surface area contributed by atoms with Crippen LogP contribution in [-0.2, 0) is 17.6 Å². The number of hydrogen-bond acceptors (Lipinski definition) is 4. The van der Waals surface area contributed by atoms with Gasteiger partial charge in [0.15, 0.2) is 0 Å². The minimum absolute atomic E-state index is 0.0650. The molecule has 0 bridgehead atoms. The first-order valence-electron chi connectivity index (χ1n) is 11.1. The van der Waals surface area contributed by atoms with E-state index in [1.54, 1.807) is 12.1 Å². The summed E-state index contributed by atoms with van der Waals surface area (Å²) in [6.45, 7) is 2.54. The lowest BCUT2D eigenvalue weighted by atomic mass is 10.0. The molecule has 0 N–H and O–H groups in total. The third-order valence-corrected chi connectivity index (χ3v) is 5.89. The zero-order chi connectivity index (χ0) is 23.0. The van der Waals surface area contributed by atoms with Gasteiger partial charge in [0.1, 0.15) is 0 Å². The van der Waals surface area contributed by atoms with Crippen molar-refractivity contribution < 1.29 is 9.32 Å². The molecule has 168 valence electrons. The minimum Gasteiger partial charge on any atom is -0.339 e. The summed E-state index contributed by atoms with van der Waals surface area (Å²) in [6.07, 6.45) is 1.62. The molecule has 1 amide bonds. The Bertz CT molecular complexity index is 1180. The fourth-order valence-corrected chi connectivity index (χ4v) is 3.99. The van der Waals surface area contributed by atoms with Crippen LogP contribution in [0, 0.1) is 0 Å². The van der Waals surface area contributed by atoms with E-state index in [2.05, 4.69) is 17.1 Å². The molecule has 0 aliphatic rings. The summed E-state index contributed by atoms with van der Waals surface area (Å²) in [4.78, 5) is 19.7. The standard InChI is InChI=1S/C27H26ClN3O2/c1-20(22-11-6-3-7-12-22)31(26(32)16-15-21-9-4-2-5-10-21)18-17-25-29-27(30-33-25)23-13-8-14-24(28)19-23/h2-14,19-20H,15-18H2,1H3/t20-/m1/s1. The summed E-state index contributed by atoms with van der Waals surface area (Å²) in [5.74, 6) is 1.08. The molecule has 0 saturated heterocycles. The fourth-order valence-electron chi connectivity index (χ4n) is 3.80. The Hall–Kier alpha value is -3.44. The molecule has 0 fully saturated rings. The Balaban J connectivity index is 1.47. The van der Waals surface area contributed by atoms with E-state index in [4.69, 9.17) is 16.1 Å². The Morgan fingerprint density at radius 2 is 1.70 bits per heavy atom. The van der Waals surface area contributed by atoms with Gasteiger partial charge in [0.25, 0.3) is 0 Å². The molecule has 4 rings (SSSR count). The van der Waals surface area contributed by atoms with E-state index in [9.17, 15) is 4.79 Å². The van der Waals surface area contributed by atoms with Crippen LogP contribution in [0.1, 0.15) is 36.4 Å². The van der Waals surface area contributed by atoms with Crippen LogP contribution in [0.25, 0.3) is 11.4 Å². The van der Waals surface area contributed by atoms with Gasteiger partial charge in [-0.05, 0) is 36.6 Å². The molecule has 0 aliphatic heterocycles. The van der Waals surface area contributed by atoms with Crippen molar-refractivity contribution in [3.8, 4) is 11.4 Å². The summed E-state index contributed by atoms with van der Waals surface area (Å²) >= 11 is 6.08. The van der Waals surface area contributed by atoms with Gasteiger partial charge in [0.2, 0.25) is 17.6 Å². The number of aromatic nitrogens is 2. The van der Waals surface area contributed by atoms with Crippen molar-refractivity contribution in [1.29, 1.82) is 0 Å². The fraction of sp³-hybridized carbons (Fsp3) is 0.222. The first-order valence-corrected chi connectivity index (χ1v) is 11.4. The monoisotopic (exact) mass is 459 g/mol. The Morgan fingerprint density at radius 1 is 0.970 bits per heavy atom. The molecular weight excluding hydrogens is 434 g/mol. The largest absolute Gasteiger partial charge is 0.339 e. The second kappa shape index (κ2) is 10.9. The maximum atomic E-state index is 13.3. The van der Waals surface area contributed by atoms with Crippen LogP contribution in [0.3, 0.4) is 0 Å². The Labute approximate surface area is 199 Å². The molecule has 6 heteroatoms. The van der Waals surface area contributed by atoms with Crippen LogP contribution in [-0.4, -0.2) is 27.5 Å². The van der Waals surface area contributed by atoms with E-state index in [-0.39, 0.29) is 11.9 Å². The van der Waals surface area contributed by atoms with Gasteiger partial charge < -0.3 is 9.42 Å². The van der Waals surface area contributed by atoms with Crippen LogP contribution in [0.15, 0.2) is 89.5 Å². The van der Waals surface area contributed by atoms with Gasteiger partial charge in [-0.15, -0.1) is 0 Å². The quantitative estimate of drug-likeness (QED) is 0.301. The van der Waals surface area contributed by atoms with Crippen molar-refractivity contribution >= 4 is 17.5 Å². The normalized spacial score (nSPS) is 11.8. The number of amides is 1. The second-order valence-corrected chi connectivity index (χ2v) is 8.37. The average Bonchev–Trinajstić information content (AvgIpc) is 3.33. The van der Waals surface area contributed by atoms with Gasteiger partial charge >= 0.3 is 0 Å². The van der Waals surface area contributed by atoms with Gasteiger partial charge in [-0.3, -0.25) is 4.79 Å². The van der Waals surface area contributed by atoms with Crippen molar-refractivity contribution in [1.82, 2.24) is 15.0 Å². The van der Waals surface area contributed by atoms with Crippen molar-refractivity contribution in [2.45, 2.75) is 32.2 Å². The lowest BCUT2D eigenvalue weighted by Gasteiger charge is -2.29. The highest BCUT2D eigenvalue weighted by molar-refractivity contribution is 6.30. The molecule has 0 aliphatic carbocycles. The van der Waals surface area contributed by atoms with Crippen LogP contribution in [0.2, 0.25) is 5.02 Å². The number of aryl methyl sites for hydroxylation is 1. The SMILES string of the molecule is C[C@H](c1ccccc1)N(CCc1nc(-c2cccc(Cl)c2)no1)C(=O)CCc1ccccc1. The first kappa shape index (κ1) is 22.7. The van der Waals surface area contributed by atoms with Crippen molar-refractivity contribution in [2.75, 3.05) is 6.54 Å². The molecule has 33 heavy (non-hydrogen) atoms. The molecule has 0 unspecified atom stereocenters. The molecular formula is C27H26ClN3O2. The van der Waals surface area contributed by atoms with E-state index < -0.39 is 0 Å². The van der Waals surface area contributed by atoms with Crippen LogP contribution < -0.4 is 0 Å². The highest BCUT2D eigenvalue weighted by Crippen LogP contribution is 2.23. The number of halogens is 1. The van der Waals surface area contributed by atoms with Crippen LogP contribution in [0.5, 0.6) is 0 Å². The molecule has 0 spiro atoms. The summed E-state index contributed by atoms with van der Waals surface area (Å²) in [6, 6.07) is 27.4. The molecule has 3 aromatic carbocycles. The van der Waals surface area contributed by atoms with Gasteiger partial charge in [-0.2, -0.15) is 4.98 Å². The van der Waals surface area contributed by atoms with E-state index >= 15 is 0 Å². The number of carbonyl (C=O) groups is 1. The molecule has 1 atom stereocenters. The lowest BCUT2D eigenvalue weighted by molar-refractivity contribution is -0.133. The number of carbonyl (C=O) groups excluding carboxylic acids is 1. The number of rotatable bonds is 9. The summed E-state index contributed by atoms with van der Waals surface area (Å²) in [5, 5.41) is 4.70. The number of nitrogens with zero attached hydrogens (tertiary/aromatic N) is 3. The average molecular weight is 460 g/mol. The third kappa shape index (κ3) is 6.08. The predicted molar refractivity (Wildman–Crippen MR) is 130 cm³/mol. The molecule has 1 aromatic heterocycles. The smallest absolute Gasteiger partial charge is 0.228 e. The minimum atomic E-state index is -0.0650. The zero-order valence-electron chi connectivity index (χ0n) is 18.5. The molecule has 0 radical (unpaired) electrons. The summed E-state index contributed by atoms with van der Waals surface area (Å²) < 4.78 is 5.46. The highest BCUT2D eigenvalue weighted by atomic mass is 35.5. The lowest BCUT2D eigenvalue weighted by Crippen LogP contribution is -2.35. The van der Waals surface area contributed by atoms with Crippen molar-refractivity contribution in [3.05, 3.63) is 107 Å². The molecule has 5 nitrogen and oxygen atoms in total. The Kier molecular flexibility index (Phi) is 7.53. The molecule has 1 heterocycles. The zero-order valence-corrected chi connectivity index (χ0v) is 19.3. The van der Waals surface area contributed by atoms with Crippen molar-refractivity contribution in [2.24, 2.45) is 0 Å².